The van der Waals surface area contributed by atoms with Crippen LogP contribution in [0.25, 0.3) is 11.8 Å². The molecule has 0 saturated heterocycles. The Balaban J connectivity index is 1.86. The van der Waals surface area contributed by atoms with Gasteiger partial charge in [-0.15, -0.1) is 0 Å². The van der Waals surface area contributed by atoms with E-state index in [0.29, 0.717) is 18.0 Å². The van der Waals surface area contributed by atoms with Crippen molar-refractivity contribution in [1.82, 2.24) is 4.57 Å². The number of hydrogen-bond acceptors (Lipinski definition) is 4. The van der Waals surface area contributed by atoms with Crippen LogP contribution >= 0.6 is 0 Å². The maximum Gasteiger partial charge on any atom is 0.266 e. The first-order valence-electron chi connectivity index (χ1n) is 11.6. The molecule has 2 aromatic carbocycles. The molecule has 0 aliphatic heterocycles. The third-order valence-corrected chi connectivity index (χ3v) is 5.77. The van der Waals surface area contributed by atoms with Gasteiger partial charge in [0.15, 0.2) is 0 Å². The van der Waals surface area contributed by atoms with Crippen LogP contribution in [0.3, 0.4) is 0 Å². The Kier molecular flexibility index (Phi) is 8.15. The lowest BCUT2D eigenvalue weighted by atomic mass is 10.1. The third-order valence-electron chi connectivity index (χ3n) is 5.77. The molecule has 0 atom stereocenters. The smallest absolute Gasteiger partial charge is 0.266 e. The number of nitrogens with zero attached hydrogens (tertiary/aromatic N) is 3. The van der Waals surface area contributed by atoms with Gasteiger partial charge in [-0.2, -0.15) is 5.26 Å². The van der Waals surface area contributed by atoms with E-state index in [9.17, 15) is 10.1 Å². The molecule has 0 aliphatic rings. The number of rotatable bonds is 9. The summed E-state index contributed by atoms with van der Waals surface area (Å²) in [5.41, 5.74) is 5.68. The molecule has 0 spiro atoms. The predicted molar refractivity (Wildman–Crippen MR) is 139 cm³/mol. The predicted octanol–water partition coefficient (Wildman–Crippen LogP) is 5.88. The van der Waals surface area contributed by atoms with Crippen LogP contribution < -0.4 is 15.0 Å². The molecule has 0 radical (unpaired) electrons. The molecule has 0 unspecified atom stereocenters. The SMILES string of the molecule is CCOc1cccc(NC(=O)/C(C#N)=C\c2cc(C)n(-c3ccc(N(CC)CC)cc3)c2C)c1. The van der Waals surface area contributed by atoms with E-state index < -0.39 is 5.91 Å². The molecule has 1 heterocycles. The molecule has 0 saturated carbocycles. The Hall–Kier alpha value is -3.98. The third kappa shape index (κ3) is 5.49. The summed E-state index contributed by atoms with van der Waals surface area (Å²) < 4.78 is 7.62. The van der Waals surface area contributed by atoms with E-state index in [1.807, 2.05) is 39.0 Å². The van der Waals surface area contributed by atoms with E-state index in [4.69, 9.17) is 4.74 Å². The van der Waals surface area contributed by atoms with Crippen LogP contribution in [0.4, 0.5) is 11.4 Å². The van der Waals surface area contributed by atoms with E-state index >= 15 is 0 Å². The van der Waals surface area contributed by atoms with Crippen LogP contribution in [0.1, 0.15) is 37.7 Å². The molecular formula is C28H32N4O2. The summed E-state index contributed by atoms with van der Waals surface area (Å²) in [6.07, 6.45) is 1.64. The Labute approximate surface area is 202 Å². The first-order chi connectivity index (χ1) is 16.4. The highest BCUT2D eigenvalue weighted by atomic mass is 16.5. The van der Waals surface area contributed by atoms with Gasteiger partial charge in [-0.3, -0.25) is 4.79 Å². The summed E-state index contributed by atoms with van der Waals surface area (Å²) in [6.45, 7) is 12.7. The van der Waals surface area contributed by atoms with Gasteiger partial charge in [0.1, 0.15) is 17.4 Å². The average molecular weight is 457 g/mol. The first-order valence-corrected chi connectivity index (χ1v) is 11.6. The lowest BCUT2D eigenvalue weighted by Gasteiger charge is -2.21. The molecule has 34 heavy (non-hydrogen) atoms. The van der Waals surface area contributed by atoms with Crippen molar-refractivity contribution in [2.24, 2.45) is 0 Å². The second kappa shape index (κ2) is 11.2. The number of nitriles is 1. The van der Waals surface area contributed by atoms with Gasteiger partial charge >= 0.3 is 0 Å². The number of hydrogen-bond donors (Lipinski definition) is 1. The van der Waals surface area contributed by atoms with E-state index in [1.165, 1.54) is 5.69 Å². The van der Waals surface area contributed by atoms with Crippen LogP contribution in [-0.2, 0) is 4.79 Å². The lowest BCUT2D eigenvalue weighted by Crippen LogP contribution is -2.21. The Bertz CT molecular complexity index is 1210. The van der Waals surface area contributed by atoms with Crippen molar-refractivity contribution in [2.75, 3.05) is 29.9 Å². The summed E-state index contributed by atoms with van der Waals surface area (Å²) in [7, 11) is 0. The van der Waals surface area contributed by atoms with Gasteiger partial charge < -0.3 is 19.5 Å². The highest BCUT2D eigenvalue weighted by Gasteiger charge is 2.15. The monoisotopic (exact) mass is 456 g/mol. The van der Waals surface area contributed by atoms with Crippen molar-refractivity contribution in [3.63, 3.8) is 0 Å². The second-order valence-corrected chi connectivity index (χ2v) is 7.94. The number of benzene rings is 2. The van der Waals surface area contributed by atoms with Crippen LogP contribution in [0, 0.1) is 25.2 Å². The molecule has 3 rings (SSSR count). The molecule has 1 amide bonds. The second-order valence-electron chi connectivity index (χ2n) is 7.94. The zero-order valence-corrected chi connectivity index (χ0v) is 20.6. The molecule has 176 valence electrons. The summed E-state index contributed by atoms with van der Waals surface area (Å²) >= 11 is 0. The molecule has 6 heteroatoms. The quantitative estimate of drug-likeness (QED) is 0.322. The van der Waals surface area contributed by atoms with Crippen molar-refractivity contribution >= 4 is 23.4 Å². The van der Waals surface area contributed by atoms with Crippen molar-refractivity contribution < 1.29 is 9.53 Å². The summed E-state index contributed by atoms with van der Waals surface area (Å²) in [5.74, 6) is 0.211. The maximum absolute atomic E-state index is 12.8. The van der Waals surface area contributed by atoms with Crippen molar-refractivity contribution in [2.45, 2.75) is 34.6 Å². The Morgan fingerprint density at radius 3 is 2.41 bits per heavy atom. The van der Waals surface area contributed by atoms with Gasteiger partial charge in [-0.05, 0) is 88.7 Å². The van der Waals surface area contributed by atoms with Crippen molar-refractivity contribution in [1.29, 1.82) is 5.26 Å². The highest BCUT2D eigenvalue weighted by molar-refractivity contribution is 6.09. The van der Waals surface area contributed by atoms with Crippen LogP contribution in [0.15, 0.2) is 60.2 Å². The highest BCUT2D eigenvalue weighted by Crippen LogP contribution is 2.25. The van der Waals surface area contributed by atoms with Gasteiger partial charge in [-0.1, -0.05) is 6.07 Å². The minimum atomic E-state index is -0.454. The van der Waals surface area contributed by atoms with E-state index in [0.717, 1.165) is 35.7 Å². The minimum Gasteiger partial charge on any atom is -0.494 e. The largest absolute Gasteiger partial charge is 0.494 e. The molecule has 6 nitrogen and oxygen atoms in total. The van der Waals surface area contributed by atoms with Crippen LogP contribution in [-0.4, -0.2) is 30.2 Å². The van der Waals surface area contributed by atoms with Gasteiger partial charge in [0.05, 0.1) is 6.61 Å². The zero-order chi connectivity index (χ0) is 24.7. The first kappa shape index (κ1) is 24.7. The van der Waals surface area contributed by atoms with Gasteiger partial charge in [-0.25, -0.2) is 0 Å². The number of aromatic nitrogens is 1. The molecule has 1 N–H and O–H groups in total. The minimum absolute atomic E-state index is 0.0407. The molecule has 0 fully saturated rings. The number of ether oxygens (including phenoxy) is 1. The summed E-state index contributed by atoms with van der Waals surface area (Å²) in [4.78, 5) is 15.1. The molecule has 0 aliphatic carbocycles. The van der Waals surface area contributed by atoms with Crippen LogP contribution in [0.5, 0.6) is 5.75 Å². The zero-order valence-electron chi connectivity index (χ0n) is 20.6. The van der Waals surface area contributed by atoms with Gasteiger partial charge in [0.25, 0.3) is 5.91 Å². The normalized spacial score (nSPS) is 11.1. The van der Waals surface area contributed by atoms with E-state index in [1.54, 1.807) is 24.3 Å². The van der Waals surface area contributed by atoms with E-state index in [-0.39, 0.29) is 5.57 Å². The average Bonchev–Trinajstić information content (AvgIpc) is 3.11. The standard InChI is InChI=1S/C28H32N4O2/c1-6-31(7-2)25-12-14-26(15-13-25)32-20(4)16-22(21(32)5)17-23(19-29)28(33)30-24-10-9-11-27(18-24)34-8-3/h9-18H,6-8H2,1-5H3,(H,30,33)/b23-17-. The van der Waals surface area contributed by atoms with E-state index in [2.05, 4.69) is 52.9 Å². The van der Waals surface area contributed by atoms with Gasteiger partial charge in [0.2, 0.25) is 0 Å². The van der Waals surface area contributed by atoms with Crippen molar-refractivity contribution in [3.05, 3.63) is 77.1 Å². The molecular weight excluding hydrogens is 424 g/mol. The topological polar surface area (TPSA) is 70.3 Å². The lowest BCUT2D eigenvalue weighted by molar-refractivity contribution is -0.112. The molecule has 3 aromatic rings. The number of aryl methyl sites for hydroxylation is 1. The Morgan fingerprint density at radius 1 is 1.09 bits per heavy atom. The van der Waals surface area contributed by atoms with Gasteiger partial charge in [0, 0.05) is 47.6 Å². The van der Waals surface area contributed by atoms with Crippen LogP contribution in [0.2, 0.25) is 0 Å². The molecule has 0 bridgehead atoms. The molecule has 1 aromatic heterocycles. The Morgan fingerprint density at radius 2 is 1.79 bits per heavy atom. The number of nitrogens with one attached hydrogen (secondary N) is 1. The maximum atomic E-state index is 12.8. The summed E-state index contributed by atoms with van der Waals surface area (Å²) in [5, 5.41) is 12.5. The number of anilines is 2. The fourth-order valence-electron chi connectivity index (χ4n) is 4.07. The fraction of sp³-hybridized carbons (Fsp3) is 0.286. The fourth-order valence-corrected chi connectivity index (χ4v) is 4.07. The number of carbonyl (C=O) groups excluding carboxylic acids is 1. The van der Waals surface area contributed by atoms with Crippen molar-refractivity contribution in [3.8, 4) is 17.5 Å². The summed E-state index contributed by atoms with van der Waals surface area (Å²) in [6, 6.07) is 19.6. The number of amides is 1. The number of carbonyl (C=O) groups is 1.